The Morgan fingerprint density at radius 3 is 2.27 bits per heavy atom. The van der Waals surface area contributed by atoms with Gasteiger partial charge in [0.25, 0.3) is 0 Å². The number of esters is 1. The Balaban J connectivity index is 1.66. The van der Waals surface area contributed by atoms with Crippen LogP contribution in [-0.2, 0) is 33.3 Å². The zero-order valence-corrected chi connectivity index (χ0v) is 33.3. The van der Waals surface area contributed by atoms with Gasteiger partial charge in [-0.25, -0.2) is 4.79 Å². The number of alkyl carbamates (subject to hydrolysis) is 1. The number of Topliss-reactive ketones (excluding diaryl/α,β-unsaturated/α-hetero) is 1. The van der Waals surface area contributed by atoms with Crippen molar-refractivity contribution in [3.8, 4) is 0 Å². The van der Waals surface area contributed by atoms with E-state index < -0.39 is 65.7 Å². The molecule has 0 aromatic rings. The van der Waals surface area contributed by atoms with Gasteiger partial charge in [-0.3, -0.25) is 9.59 Å². The number of aliphatic hydroxyl groups excluding tert-OH is 1. The summed E-state index contributed by atoms with van der Waals surface area (Å²) in [6.45, 7) is 20.8. The molecule has 4 heterocycles. The number of fused-ring (bicyclic) bond motifs is 1. The summed E-state index contributed by atoms with van der Waals surface area (Å²) in [5.41, 5.74) is -1.85. The average molecular weight is 725 g/mol. The number of hydrogen-bond donors (Lipinski definition) is 3. The van der Waals surface area contributed by atoms with Gasteiger partial charge in [-0.15, -0.1) is 0 Å². The summed E-state index contributed by atoms with van der Waals surface area (Å²) in [5, 5.41) is 18.2. The third-order valence-corrected chi connectivity index (χ3v) is 12.4. The molecule has 3 N–H and O–H groups in total. The molecule has 0 saturated carbocycles. The average Bonchev–Trinajstić information content (AvgIpc) is 3.39. The predicted octanol–water partition coefficient (Wildman–Crippen LogP) is 3.35. The SMILES string of the molecule is CC[C@H]1OC(=O)C(C)C(=O)[C@H](C)[C@@H](OC2OC(CN3CCC(C)(C)CC3)CC(N(C)C)C2O)[C@](C)(OC)C[C@@H](C)CN[C@H](C)[C@H]2NC(=O)O[C@@]21C. The van der Waals surface area contributed by atoms with Crippen molar-refractivity contribution in [1.29, 1.82) is 0 Å². The standard InChI is InChI=1S/C38H68N4O9/c1-13-28-38(9)31(40-35(46)51-38)25(5)39-20-22(2)19-37(8,47-12)32(23(3)29(43)24(4)33(45)49-28)50-34-30(44)27(41(10)11)18-26(48-34)21-42-16-14-36(6,7)15-17-42/h22-28,30-32,34,39,44H,13-21H2,1-12H3,(H,40,46)/t22-,23+,24?,25-,26?,27?,28-,30?,31-,32-,34?,37-,38-/m1/s1. The normalized spacial score (nSPS) is 43.4. The molecule has 0 aromatic heterocycles. The molecule has 13 heteroatoms. The molecule has 1 amide bonds. The van der Waals surface area contributed by atoms with Crippen molar-refractivity contribution < 1.29 is 43.2 Å². The van der Waals surface area contributed by atoms with E-state index in [9.17, 15) is 19.5 Å². The summed E-state index contributed by atoms with van der Waals surface area (Å²) < 4.78 is 31.5. The van der Waals surface area contributed by atoms with E-state index in [1.54, 1.807) is 27.9 Å². The van der Waals surface area contributed by atoms with Crippen molar-refractivity contribution in [2.45, 2.75) is 154 Å². The summed E-state index contributed by atoms with van der Waals surface area (Å²) in [6.07, 6.45) is -0.734. The fourth-order valence-electron chi connectivity index (χ4n) is 8.77. The molecule has 0 aromatic carbocycles. The Bertz CT molecular complexity index is 1210. The van der Waals surface area contributed by atoms with Gasteiger partial charge >= 0.3 is 12.1 Å². The molecule has 4 aliphatic heterocycles. The number of likely N-dealkylation sites (tertiary alicyclic amines) is 1. The van der Waals surface area contributed by atoms with E-state index in [0.717, 1.165) is 32.5 Å². The number of nitrogens with zero attached hydrogens (tertiary/aromatic N) is 2. The highest BCUT2D eigenvalue weighted by Gasteiger charge is 2.55. The Kier molecular flexibility index (Phi) is 13.7. The number of carbonyl (C=O) groups excluding carboxylic acids is 3. The number of amides is 1. The van der Waals surface area contributed by atoms with Crippen LogP contribution in [0.25, 0.3) is 0 Å². The van der Waals surface area contributed by atoms with Crippen LogP contribution in [-0.4, -0.2) is 140 Å². The fourth-order valence-corrected chi connectivity index (χ4v) is 8.77. The van der Waals surface area contributed by atoms with Gasteiger partial charge in [-0.2, -0.15) is 0 Å². The molecule has 13 atom stereocenters. The van der Waals surface area contributed by atoms with E-state index in [-0.39, 0.29) is 29.9 Å². The number of aliphatic hydroxyl groups is 1. The number of methoxy groups -OCH3 is 1. The first-order valence-corrected chi connectivity index (χ1v) is 19.1. The molecule has 5 unspecified atom stereocenters. The van der Waals surface area contributed by atoms with Gasteiger partial charge in [-0.1, -0.05) is 34.6 Å². The number of carbonyl (C=O) groups is 3. The lowest BCUT2D eigenvalue weighted by atomic mass is 9.78. The van der Waals surface area contributed by atoms with Crippen molar-refractivity contribution in [3.63, 3.8) is 0 Å². The molecular weight excluding hydrogens is 656 g/mol. The largest absolute Gasteiger partial charge is 0.458 e. The van der Waals surface area contributed by atoms with Crippen LogP contribution < -0.4 is 10.6 Å². The minimum absolute atomic E-state index is 0.0281. The minimum Gasteiger partial charge on any atom is -0.458 e. The lowest BCUT2D eigenvalue weighted by Gasteiger charge is -2.48. The summed E-state index contributed by atoms with van der Waals surface area (Å²) in [7, 11) is 5.50. The summed E-state index contributed by atoms with van der Waals surface area (Å²) in [4.78, 5) is 45.0. The van der Waals surface area contributed by atoms with Crippen molar-refractivity contribution in [2.24, 2.45) is 23.2 Å². The molecule has 0 spiro atoms. The number of nitrogens with one attached hydrogen (secondary N) is 2. The summed E-state index contributed by atoms with van der Waals surface area (Å²) >= 11 is 0. The van der Waals surface area contributed by atoms with Gasteiger partial charge in [0.2, 0.25) is 0 Å². The Hall–Kier alpha value is -1.87. The number of rotatable bonds is 7. The summed E-state index contributed by atoms with van der Waals surface area (Å²) in [5.74, 6) is -3.03. The van der Waals surface area contributed by atoms with Gasteiger partial charge in [0.15, 0.2) is 17.7 Å². The van der Waals surface area contributed by atoms with E-state index in [1.807, 2.05) is 39.8 Å². The van der Waals surface area contributed by atoms with Gasteiger partial charge in [0, 0.05) is 31.7 Å². The molecule has 0 bridgehead atoms. The van der Waals surface area contributed by atoms with E-state index in [4.69, 9.17) is 23.7 Å². The van der Waals surface area contributed by atoms with Gasteiger partial charge < -0.3 is 49.2 Å². The van der Waals surface area contributed by atoms with Gasteiger partial charge in [0.05, 0.1) is 23.9 Å². The van der Waals surface area contributed by atoms with Crippen molar-refractivity contribution >= 4 is 17.8 Å². The van der Waals surface area contributed by atoms with Crippen molar-refractivity contribution in [2.75, 3.05) is 47.4 Å². The smallest absolute Gasteiger partial charge is 0.408 e. The second kappa shape index (κ2) is 16.7. The highest BCUT2D eigenvalue weighted by molar-refractivity contribution is 6.00. The first-order chi connectivity index (χ1) is 23.7. The van der Waals surface area contributed by atoms with Crippen LogP contribution in [0.4, 0.5) is 4.79 Å². The number of cyclic esters (lactones) is 1. The molecule has 0 radical (unpaired) electrons. The highest BCUT2D eigenvalue weighted by atomic mass is 16.7. The molecule has 4 fully saturated rings. The second-order valence-electron chi connectivity index (χ2n) is 17.4. The zero-order valence-electron chi connectivity index (χ0n) is 33.3. The number of hydrogen-bond acceptors (Lipinski definition) is 12. The maximum Gasteiger partial charge on any atom is 0.408 e. The highest BCUT2D eigenvalue weighted by Crippen LogP contribution is 2.38. The third-order valence-electron chi connectivity index (χ3n) is 12.4. The maximum absolute atomic E-state index is 14.3. The van der Waals surface area contributed by atoms with Gasteiger partial charge in [-0.05, 0) is 105 Å². The van der Waals surface area contributed by atoms with Crippen LogP contribution in [0.5, 0.6) is 0 Å². The molecule has 0 aliphatic carbocycles. The molecule has 4 saturated heterocycles. The molecule has 4 rings (SSSR count). The molecule has 4 aliphatic rings. The van der Waals surface area contributed by atoms with Crippen LogP contribution in [0.2, 0.25) is 0 Å². The second-order valence-corrected chi connectivity index (χ2v) is 17.4. The molecule has 13 nitrogen and oxygen atoms in total. The number of ether oxygens (including phenoxy) is 5. The third kappa shape index (κ3) is 9.45. The lowest BCUT2D eigenvalue weighted by Crippen LogP contribution is -2.60. The van der Waals surface area contributed by atoms with Gasteiger partial charge in [0.1, 0.15) is 18.1 Å². The van der Waals surface area contributed by atoms with Crippen LogP contribution in [0.1, 0.15) is 94.4 Å². The zero-order chi connectivity index (χ0) is 38.1. The van der Waals surface area contributed by atoms with Crippen molar-refractivity contribution in [3.05, 3.63) is 0 Å². The fraction of sp³-hybridized carbons (Fsp3) is 0.921. The molecule has 294 valence electrons. The minimum atomic E-state index is -1.16. The van der Waals surface area contributed by atoms with E-state index in [1.165, 1.54) is 0 Å². The van der Waals surface area contributed by atoms with E-state index >= 15 is 0 Å². The van der Waals surface area contributed by atoms with Crippen LogP contribution in [0.3, 0.4) is 0 Å². The maximum atomic E-state index is 14.3. The summed E-state index contributed by atoms with van der Waals surface area (Å²) in [6, 6.07) is -0.962. The Morgan fingerprint density at radius 1 is 1.04 bits per heavy atom. The predicted molar refractivity (Wildman–Crippen MR) is 193 cm³/mol. The Morgan fingerprint density at radius 2 is 1.69 bits per heavy atom. The van der Waals surface area contributed by atoms with Crippen molar-refractivity contribution in [1.82, 2.24) is 20.4 Å². The number of piperidine rings is 1. The first-order valence-electron chi connectivity index (χ1n) is 19.1. The monoisotopic (exact) mass is 724 g/mol. The first kappa shape index (κ1) is 41.9. The van der Waals surface area contributed by atoms with E-state index in [2.05, 4.69) is 36.3 Å². The topological polar surface area (TPSA) is 148 Å². The number of ketones is 1. The van der Waals surface area contributed by atoms with Crippen LogP contribution >= 0.6 is 0 Å². The Labute approximate surface area is 306 Å². The lowest BCUT2D eigenvalue weighted by molar-refractivity contribution is -0.299. The van der Waals surface area contributed by atoms with Crippen LogP contribution in [0.15, 0.2) is 0 Å². The quantitative estimate of drug-likeness (QED) is 0.261. The van der Waals surface area contributed by atoms with E-state index in [0.29, 0.717) is 31.2 Å². The molecular formula is C38H68N4O9. The number of likely N-dealkylation sites (N-methyl/N-ethyl adjacent to an activating group) is 1. The van der Waals surface area contributed by atoms with Crippen LogP contribution in [0, 0.1) is 23.2 Å². The molecule has 51 heavy (non-hydrogen) atoms.